The topological polar surface area (TPSA) is 51.2 Å². The highest BCUT2D eigenvalue weighted by Crippen LogP contribution is 2.33. The van der Waals surface area contributed by atoms with Gasteiger partial charge in [0.25, 0.3) is 0 Å². The molecule has 0 aliphatic heterocycles. The molecule has 1 aliphatic rings. The van der Waals surface area contributed by atoms with Crippen LogP contribution in [0.3, 0.4) is 0 Å². The number of halogens is 1. The Morgan fingerprint density at radius 3 is 2.54 bits per heavy atom. The molecule has 0 aromatic carbocycles. The molecule has 0 spiro atoms. The Morgan fingerprint density at radius 2 is 2.08 bits per heavy atom. The summed E-state index contributed by atoms with van der Waals surface area (Å²) >= 11 is 0. The average molecular weight is 186 g/mol. The van der Waals surface area contributed by atoms with Crippen molar-refractivity contribution in [2.45, 2.75) is 32.9 Å². The van der Waals surface area contributed by atoms with Crippen LogP contribution >= 0.6 is 0 Å². The molecule has 0 heterocycles. The third-order valence-electron chi connectivity index (χ3n) is 2.66. The first-order valence-corrected chi connectivity index (χ1v) is 4.09. The molecule has 1 saturated carbocycles. The van der Waals surface area contributed by atoms with Crippen LogP contribution in [0.15, 0.2) is 0 Å². The molecule has 4 heteroatoms. The number of hydrogen-bond donors (Lipinski definition) is 0. The standard InChI is InChI=1S/C9H11FO3/c1-5(11)9(2)4-6(10)7(12)3-8(9)13/h6H,3-4H2,1-2H3/t6-,9+/m0/s1. The third-order valence-corrected chi connectivity index (χ3v) is 2.66. The van der Waals surface area contributed by atoms with Gasteiger partial charge in [0.05, 0.1) is 11.8 Å². The van der Waals surface area contributed by atoms with Gasteiger partial charge in [0.15, 0.2) is 17.7 Å². The van der Waals surface area contributed by atoms with Crippen molar-refractivity contribution in [3.63, 3.8) is 0 Å². The molecule has 13 heavy (non-hydrogen) atoms. The molecule has 1 aliphatic carbocycles. The molecule has 0 aromatic rings. The quantitative estimate of drug-likeness (QED) is 0.570. The molecule has 0 amide bonds. The van der Waals surface area contributed by atoms with E-state index < -0.39 is 29.6 Å². The second-order valence-electron chi connectivity index (χ2n) is 3.63. The maximum Gasteiger partial charge on any atom is 0.174 e. The van der Waals surface area contributed by atoms with Gasteiger partial charge in [-0.05, 0) is 13.8 Å². The van der Waals surface area contributed by atoms with Gasteiger partial charge in [-0.2, -0.15) is 0 Å². The van der Waals surface area contributed by atoms with Gasteiger partial charge >= 0.3 is 0 Å². The van der Waals surface area contributed by atoms with Gasteiger partial charge in [0, 0.05) is 6.42 Å². The summed E-state index contributed by atoms with van der Waals surface area (Å²) in [6.07, 6.45) is -2.40. The van der Waals surface area contributed by atoms with E-state index >= 15 is 0 Å². The van der Waals surface area contributed by atoms with E-state index in [1.165, 1.54) is 13.8 Å². The average Bonchev–Trinajstić information content (AvgIpc) is 2.01. The molecule has 0 N–H and O–H groups in total. The lowest BCUT2D eigenvalue weighted by atomic mass is 9.71. The summed E-state index contributed by atoms with van der Waals surface area (Å²) in [7, 11) is 0. The van der Waals surface area contributed by atoms with E-state index in [0.717, 1.165) is 0 Å². The Bertz CT molecular complexity index is 285. The molecular weight excluding hydrogens is 175 g/mol. The number of hydrogen-bond acceptors (Lipinski definition) is 3. The molecule has 0 radical (unpaired) electrons. The van der Waals surface area contributed by atoms with Crippen LogP contribution < -0.4 is 0 Å². The summed E-state index contributed by atoms with van der Waals surface area (Å²) < 4.78 is 13.0. The largest absolute Gasteiger partial charge is 0.299 e. The monoisotopic (exact) mass is 186 g/mol. The molecule has 3 nitrogen and oxygen atoms in total. The van der Waals surface area contributed by atoms with Crippen molar-refractivity contribution in [3.8, 4) is 0 Å². The maximum absolute atomic E-state index is 13.0. The van der Waals surface area contributed by atoms with Gasteiger partial charge < -0.3 is 0 Å². The van der Waals surface area contributed by atoms with Crippen molar-refractivity contribution in [1.29, 1.82) is 0 Å². The molecule has 72 valence electrons. The van der Waals surface area contributed by atoms with Crippen molar-refractivity contribution in [2.75, 3.05) is 0 Å². The number of rotatable bonds is 1. The van der Waals surface area contributed by atoms with Gasteiger partial charge in [-0.25, -0.2) is 4.39 Å². The highest BCUT2D eigenvalue weighted by Gasteiger charge is 2.46. The van der Waals surface area contributed by atoms with E-state index in [2.05, 4.69) is 0 Å². The minimum atomic E-state index is -1.66. The van der Waals surface area contributed by atoms with Gasteiger partial charge in [0.1, 0.15) is 5.78 Å². The van der Waals surface area contributed by atoms with Gasteiger partial charge in [-0.1, -0.05) is 0 Å². The zero-order valence-electron chi connectivity index (χ0n) is 7.59. The fourth-order valence-corrected chi connectivity index (χ4v) is 1.39. The van der Waals surface area contributed by atoms with Crippen molar-refractivity contribution in [2.24, 2.45) is 5.41 Å². The molecule has 0 bridgehead atoms. The second kappa shape index (κ2) is 3.01. The summed E-state index contributed by atoms with van der Waals surface area (Å²) in [4.78, 5) is 33.2. The van der Waals surface area contributed by atoms with E-state index in [4.69, 9.17) is 0 Å². The van der Waals surface area contributed by atoms with E-state index in [1.54, 1.807) is 0 Å². The van der Waals surface area contributed by atoms with Crippen LogP contribution in [-0.4, -0.2) is 23.5 Å². The second-order valence-corrected chi connectivity index (χ2v) is 3.63. The first-order valence-electron chi connectivity index (χ1n) is 4.09. The Morgan fingerprint density at radius 1 is 1.54 bits per heavy atom. The molecule has 0 saturated heterocycles. The minimum Gasteiger partial charge on any atom is -0.299 e. The predicted molar refractivity (Wildman–Crippen MR) is 42.9 cm³/mol. The van der Waals surface area contributed by atoms with Gasteiger partial charge in [0.2, 0.25) is 0 Å². The number of ketones is 3. The first kappa shape index (κ1) is 10.0. The Labute approximate surface area is 75.3 Å². The summed E-state index contributed by atoms with van der Waals surface area (Å²) in [5.74, 6) is -1.53. The highest BCUT2D eigenvalue weighted by molar-refractivity contribution is 6.15. The zero-order valence-corrected chi connectivity index (χ0v) is 7.59. The first-order chi connectivity index (χ1) is 5.88. The Balaban J connectivity index is 2.95. The van der Waals surface area contributed by atoms with E-state index in [-0.39, 0.29) is 12.2 Å². The maximum atomic E-state index is 13.0. The zero-order chi connectivity index (χ0) is 10.2. The lowest BCUT2D eigenvalue weighted by molar-refractivity contribution is -0.147. The highest BCUT2D eigenvalue weighted by atomic mass is 19.1. The van der Waals surface area contributed by atoms with Gasteiger partial charge in [-0.15, -0.1) is 0 Å². The predicted octanol–water partition coefficient (Wildman–Crippen LogP) is 0.852. The van der Waals surface area contributed by atoms with E-state index in [9.17, 15) is 18.8 Å². The lowest BCUT2D eigenvalue weighted by Gasteiger charge is -2.30. The summed E-state index contributed by atoms with van der Waals surface area (Å²) in [6.45, 7) is 2.65. The molecule has 0 unspecified atom stereocenters. The number of alkyl halides is 1. The smallest absolute Gasteiger partial charge is 0.174 e. The normalized spacial score (nSPS) is 34.8. The third kappa shape index (κ3) is 1.53. The van der Waals surface area contributed by atoms with Crippen LogP contribution in [0.1, 0.15) is 26.7 Å². The van der Waals surface area contributed by atoms with Crippen molar-refractivity contribution in [3.05, 3.63) is 0 Å². The van der Waals surface area contributed by atoms with Crippen LogP contribution in [0.4, 0.5) is 4.39 Å². The van der Waals surface area contributed by atoms with E-state index in [0.29, 0.717) is 0 Å². The SMILES string of the molecule is CC(=O)[C@@]1(C)C[C@H](F)C(=O)CC1=O. The summed E-state index contributed by atoms with van der Waals surface area (Å²) in [6, 6.07) is 0. The molecule has 0 aromatic heterocycles. The lowest BCUT2D eigenvalue weighted by Crippen LogP contribution is -2.45. The molecule has 1 fully saturated rings. The molecule has 1 rings (SSSR count). The molecule has 2 atom stereocenters. The fourth-order valence-electron chi connectivity index (χ4n) is 1.39. The van der Waals surface area contributed by atoms with Crippen LogP contribution in [0, 0.1) is 5.41 Å². The minimum absolute atomic E-state index is 0.292. The van der Waals surface area contributed by atoms with E-state index in [1.807, 2.05) is 0 Å². The summed E-state index contributed by atoms with van der Waals surface area (Å²) in [5.41, 5.74) is -1.28. The van der Waals surface area contributed by atoms with Crippen LogP contribution in [0.2, 0.25) is 0 Å². The number of Topliss-reactive ketones (excluding diaryl/α,β-unsaturated/α-hetero) is 3. The fraction of sp³-hybridized carbons (Fsp3) is 0.667. The van der Waals surface area contributed by atoms with Crippen molar-refractivity contribution in [1.82, 2.24) is 0 Å². The van der Waals surface area contributed by atoms with Crippen LogP contribution in [0.25, 0.3) is 0 Å². The van der Waals surface area contributed by atoms with Crippen LogP contribution in [0.5, 0.6) is 0 Å². The molecular formula is C9H11FO3. The number of carbonyl (C=O) groups excluding carboxylic acids is 3. The van der Waals surface area contributed by atoms with Gasteiger partial charge in [-0.3, -0.25) is 14.4 Å². The Kier molecular flexibility index (Phi) is 2.32. The number of carbonyl (C=O) groups is 3. The van der Waals surface area contributed by atoms with Crippen LogP contribution in [-0.2, 0) is 14.4 Å². The summed E-state index contributed by atoms with van der Waals surface area (Å²) in [5, 5.41) is 0. The van der Waals surface area contributed by atoms with Crippen molar-refractivity contribution < 1.29 is 18.8 Å². The van der Waals surface area contributed by atoms with Crippen molar-refractivity contribution >= 4 is 17.3 Å². The Hall–Kier alpha value is -1.06.